The topological polar surface area (TPSA) is 29.3 Å². The molecule has 92 valence electrons. The predicted molar refractivity (Wildman–Crippen MR) is 73.6 cm³/mol. The Kier molecular flexibility index (Phi) is 6.08. The average Bonchev–Trinajstić information content (AvgIpc) is 2.64. The van der Waals surface area contributed by atoms with Crippen LogP contribution in [-0.2, 0) is 6.54 Å². The highest BCUT2D eigenvalue weighted by Crippen LogP contribution is 2.23. The molecule has 1 aromatic rings. The maximum Gasteiger partial charge on any atom is 0.0516 e. The van der Waals surface area contributed by atoms with E-state index in [1.165, 1.54) is 24.3 Å². The fourth-order valence-corrected chi connectivity index (χ4v) is 3.26. The average molecular weight is 281 g/mol. The molecule has 0 bridgehead atoms. The minimum absolute atomic E-state index is 0. The van der Waals surface area contributed by atoms with Gasteiger partial charge in [-0.15, -0.1) is 23.7 Å². The van der Waals surface area contributed by atoms with Crippen LogP contribution < -0.4 is 5.73 Å². The van der Waals surface area contributed by atoms with E-state index in [0.29, 0.717) is 5.92 Å². The molecule has 1 atom stereocenters. The van der Waals surface area contributed by atoms with Gasteiger partial charge in [0.25, 0.3) is 0 Å². The molecule has 2 heterocycles. The van der Waals surface area contributed by atoms with Crippen LogP contribution in [0.15, 0.2) is 11.4 Å². The van der Waals surface area contributed by atoms with Gasteiger partial charge in [-0.2, -0.15) is 0 Å². The summed E-state index contributed by atoms with van der Waals surface area (Å²) in [6.45, 7) is 4.20. The molecular formula is C11H18Cl2N2S. The number of nitrogens with two attached hydrogens (primary N) is 1. The minimum Gasteiger partial charge on any atom is -0.330 e. The molecule has 1 aliphatic rings. The van der Waals surface area contributed by atoms with Crippen molar-refractivity contribution < 1.29 is 0 Å². The van der Waals surface area contributed by atoms with Crippen LogP contribution in [0.1, 0.15) is 17.7 Å². The zero-order valence-corrected chi connectivity index (χ0v) is 11.6. The molecule has 0 aliphatic carbocycles. The summed E-state index contributed by atoms with van der Waals surface area (Å²) in [5.41, 5.74) is 5.72. The first-order chi connectivity index (χ1) is 7.28. The third-order valence-electron chi connectivity index (χ3n) is 2.94. The number of rotatable bonds is 3. The Balaban J connectivity index is 0.00000128. The summed E-state index contributed by atoms with van der Waals surface area (Å²) in [4.78, 5) is 3.85. The van der Waals surface area contributed by atoms with Crippen LogP contribution in [0.3, 0.4) is 0 Å². The van der Waals surface area contributed by atoms with Crippen LogP contribution in [0.4, 0.5) is 0 Å². The number of piperidine rings is 1. The van der Waals surface area contributed by atoms with Gasteiger partial charge >= 0.3 is 0 Å². The third-order valence-corrected chi connectivity index (χ3v) is 4.21. The van der Waals surface area contributed by atoms with Gasteiger partial charge in [-0.3, -0.25) is 4.90 Å². The number of likely N-dealkylation sites (tertiary alicyclic amines) is 1. The fourth-order valence-electron chi connectivity index (χ4n) is 2.14. The van der Waals surface area contributed by atoms with Gasteiger partial charge in [-0.1, -0.05) is 11.6 Å². The van der Waals surface area contributed by atoms with Crippen molar-refractivity contribution in [2.75, 3.05) is 19.6 Å². The number of nitrogens with zero attached hydrogens (tertiary/aromatic N) is 1. The molecule has 0 saturated carbocycles. The van der Waals surface area contributed by atoms with Gasteiger partial charge in [0.1, 0.15) is 0 Å². The van der Waals surface area contributed by atoms with Crippen molar-refractivity contribution in [1.29, 1.82) is 0 Å². The van der Waals surface area contributed by atoms with Crippen molar-refractivity contribution >= 4 is 35.3 Å². The standard InChI is InChI=1S/C11H17ClN2S.ClH/c12-10-4-11(15-8-10)7-14-3-1-2-9(5-13)6-14;/h4,8-9H,1-3,5-7,13H2;1H. The molecule has 0 radical (unpaired) electrons. The van der Waals surface area contributed by atoms with E-state index in [0.717, 1.165) is 24.7 Å². The molecule has 1 fully saturated rings. The zero-order valence-electron chi connectivity index (χ0n) is 9.19. The second-order valence-electron chi connectivity index (χ2n) is 4.21. The fraction of sp³-hybridized carbons (Fsp3) is 0.636. The molecule has 16 heavy (non-hydrogen) atoms. The summed E-state index contributed by atoms with van der Waals surface area (Å²) in [6, 6.07) is 2.07. The van der Waals surface area contributed by atoms with Gasteiger partial charge in [0.2, 0.25) is 0 Å². The number of hydrogen-bond acceptors (Lipinski definition) is 3. The summed E-state index contributed by atoms with van der Waals surface area (Å²) in [7, 11) is 0. The van der Waals surface area contributed by atoms with Crippen LogP contribution in [0.25, 0.3) is 0 Å². The minimum atomic E-state index is 0. The summed E-state index contributed by atoms with van der Waals surface area (Å²) in [5.74, 6) is 0.689. The van der Waals surface area contributed by atoms with Crippen molar-refractivity contribution in [3.05, 3.63) is 21.3 Å². The van der Waals surface area contributed by atoms with Crippen LogP contribution in [0.2, 0.25) is 5.02 Å². The van der Waals surface area contributed by atoms with E-state index in [1.54, 1.807) is 11.3 Å². The molecule has 0 spiro atoms. The molecular weight excluding hydrogens is 263 g/mol. The molecule has 5 heteroatoms. The molecule has 1 aliphatic heterocycles. The van der Waals surface area contributed by atoms with E-state index in [-0.39, 0.29) is 12.4 Å². The highest BCUT2D eigenvalue weighted by atomic mass is 35.5. The summed E-state index contributed by atoms with van der Waals surface area (Å²) >= 11 is 7.65. The lowest BCUT2D eigenvalue weighted by molar-refractivity contribution is 0.172. The summed E-state index contributed by atoms with van der Waals surface area (Å²) in [6.07, 6.45) is 2.57. The second-order valence-corrected chi connectivity index (χ2v) is 5.64. The SMILES string of the molecule is Cl.NCC1CCCN(Cc2cc(Cl)cs2)C1. The van der Waals surface area contributed by atoms with Crippen molar-refractivity contribution in [2.45, 2.75) is 19.4 Å². The summed E-state index contributed by atoms with van der Waals surface area (Å²) in [5, 5.41) is 2.86. The van der Waals surface area contributed by atoms with E-state index in [4.69, 9.17) is 17.3 Å². The van der Waals surface area contributed by atoms with Gasteiger partial charge in [0.15, 0.2) is 0 Å². The lowest BCUT2D eigenvalue weighted by Crippen LogP contribution is -2.37. The summed E-state index contributed by atoms with van der Waals surface area (Å²) < 4.78 is 0. The van der Waals surface area contributed by atoms with Gasteiger partial charge < -0.3 is 5.73 Å². The van der Waals surface area contributed by atoms with Gasteiger partial charge in [0.05, 0.1) is 5.02 Å². The Bertz CT molecular complexity index is 317. The number of thiophene rings is 1. The molecule has 1 unspecified atom stereocenters. The Hall–Kier alpha value is 0.200. The van der Waals surface area contributed by atoms with E-state index in [1.807, 2.05) is 5.38 Å². The van der Waals surface area contributed by atoms with E-state index < -0.39 is 0 Å². The molecule has 0 amide bonds. The zero-order chi connectivity index (χ0) is 10.7. The highest BCUT2D eigenvalue weighted by Gasteiger charge is 2.18. The Labute approximate surface area is 112 Å². The smallest absolute Gasteiger partial charge is 0.0516 e. The van der Waals surface area contributed by atoms with Crippen molar-refractivity contribution in [3.63, 3.8) is 0 Å². The largest absolute Gasteiger partial charge is 0.330 e. The van der Waals surface area contributed by atoms with E-state index >= 15 is 0 Å². The maximum atomic E-state index is 5.91. The predicted octanol–water partition coefficient (Wildman–Crippen LogP) is 2.99. The van der Waals surface area contributed by atoms with Crippen molar-refractivity contribution in [3.8, 4) is 0 Å². The maximum absolute atomic E-state index is 5.91. The molecule has 2 N–H and O–H groups in total. The van der Waals surface area contributed by atoms with Crippen LogP contribution in [-0.4, -0.2) is 24.5 Å². The molecule has 0 aromatic carbocycles. The van der Waals surface area contributed by atoms with Crippen molar-refractivity contribution in [1.82, 2.24) is 4.90 Å². The quantitative estimate of drug-likeness (QED) is 0.923. The van der Waals surface area contributed by atoms with E-state index in [2.05, 4.69) is 11.0 Å². The van der Waals surface area contributed by atoms with Crippen LogP contribution >= 0.6 is 35.3 Å². The Morgan fingerprint density at radius 2 is 2.38 bits per heavy atom. The number of hydrogen-bond donors (Lipinski definition) is 1. The Morgan fingerprint density at radius 3 is 3.00 bits per heavy atom. The molecule has 1 aromatic heterocycles. The Morgan fingerprint density at radius 1 is 1.56 bits per heavy atom. The van der Waals surface area contributed by atoms with Gasteiger partial charge in [-0.25, -0.2) is 0 Å². The highest BCUT2D eigenvalue weighted by molar-refractivity contribution is 7.10. The lowest BCUT2D eigenvalue weighted by Gasteiger charge is -2.31. The first-order valence-electron chi connectivity index (χ1n) is 5.43. The monoisotopic (exact) mass is 280 g/mol. The normalized spacial score (nSPS) is 21.8. The molecule has 2 nitrogen and oxygen atoms in total. The van der Waals surface area contributed by atoms with E-state index in [9.17, 15) is 0 Å². The van der Waals surface area contributed by atoms with Crippen LogP contribution in [0.5, 0.6) is 0 Å². The molecule has 1 saturated heterocycles. The second kappa shape index (κ2) is 6.82. The first-order valence-corrected chi connectivity index (χ1v) is 6.69. The molecule has 2 rings (SSSR count). The van der Waals surface area contributed by atoms with Gasteiger partial charge in [-0.05, 0) is 37.9 Å². The number of halogens is 2. The first kappa shape index (κ1) is 14.3. The van der Waals surface area contributed by atoms with Crippen LogP contribution in [0, 0.1) is 5.92 Å². The lowest BCUT2D eigenvalue weighted by atomic mass is 9.98. The van der Waals surface area contributed by atoms with Crippen molar-refractivity contribution in [2.24, 2.45) is 11.7 Å². The van der Waals surface area contributed by atoms with Gasteiger partial charge in [0, 0.05) is 23.3 Å². The third kappa shape index (κ3) is 3.90.